The van der Waals surface area contributed by atoms with Gasteiger partial charge in [-0.1, -0.05) is 26.0 Å². The van der Waals surface area contributed by atoms with E-state index < -0.39 is 24.9 Å². The van der Waals surface area contributed by atoms with E-state index in [9.17, 15) is 13.6 Å². The number of aliphatic carboxylic acids is 1. The number of nitrogens with one attached hydrogen (secondary N) is 1. The minimum absolute atomic E-state index is 0.328. The van der Waals surface area contributed by atoms with Crippen molar-refractivity contribution in [1.29, 1.82) is 0 Å². The van der Waals surface area contributed by atoms with Crippen LogP contribution in [0.5, 0.6) is 5.75 Å². The van der Waals surface area contributed by atoms with Crippen molar-refractivity contribution in [3.8, 4) is 5.75 Å². The first-order valence-corrected chi connectivity index (χ1v) is 7.32. The highest BCUT2D eigenvalue weighted by molar-refractivity contribution is 5.70. The van der Waals surface area contributed by atoms with Gasteiger partial charge in [-0.25, -0.2) is 8.78 Å². The lowest BCUT2D eigenvalue weighted by Gasteiger charge is -2.15. The Bertz CT molecular complexity index is 449. The molecular formula is C16H23F2NO3. The van der Waals surface area contributed by atoms with E-state index in [0.717, 1.165) is 5.56 Å². The van der Waals surface area contributed by atoms with Gasteiger partial charge in [0.15, 0.2) is 0 Å². The second-order valence-corrected chi connectivity index (χ2v) is 5.64. The Hall–Kier alpha value is -1.69. The van der Waals surface area contributed by atoms with Crippen LogP contribution in [0.1, 0.15) is 25.8 Å². The number of carboxylic acids is 1. The summed E-state index contributed by atoms with van der Waals surface area (Å²) in [5, 5.41) is 12.3. The van der Waals surface area contributed by atoms with Crippen LogP contribution in [0.3, 0.4) is 0 Å². The van der Waals surface area contributed by atoms with Crippen molar-refractivity contribution < 1.29 is 23.4 Å². The molecule has 1 aromatic rings. The third kappa shape index (κ3) is 7.36. The summed E-state index contributed by atoms with van der Waals surface area (Å²) in [5.74, 6) is -0.480. The lowest BCUT2D eigenvalue weighted by Crippen LogP contribution is -2.29. The van der Waals surface area contributed by atoms with Crippen LogP contribution >= 0.6 is 0 Å². The van der Waals surface area contributed by atoms with Gasteiger partial charge < -0.3 is 15.2 Å². The summed E-state index contributed by atoms with van der Waals surface area (Å²) in [6, 6.07) is 6.79. The molecule has 0 aliphatic rings. The Balaban J connectivity index is 2.39. The van der Waals surface area contributed by atoms with Gasteiger partial charge in [0.1, 0.15) is 12.4 Å². The molecule has 0 saturated heterocycles. The maximum Gasteiger partial charge on any atom is 0.307 e. The van der Waals surface area contributed by atoms with Gasteiger partial charge >= 0.3 is 5.97 Å². The number of ether oxygens (including phenoxy) is 1. The van der Waals surface area contributed by atoms with Gasteiger partial charge in [-0.15, -0.1) is 0 Å². The van der Waals surface area contributed by atoms with E-state index in [-0.39, 0.29) is 0 Å². The summed E-state index contributed by atoms with van der Waals surface area (Å²) in [4.78, 5) is 11.1. The summed E-state index contributed by atoms with van der Waals surface area (Å²) in [7, 11) is 0. The average Bonchev–Trinajstić information content (AvgIpc) is 2.44. The fourth-order valence-electron chi connectivity index (χ4n) is 2.09. The monoisotopic (exact) mass is 315 g/mol. The van der Waals surface area contributed by atoms with Crippen LogP contribution in [-0.4, -0.2) is 30.7 Å². The quantitative estimate of drug-likeness (QED) is 0.696. The molecule has 2 N–H and O–H groups in total. The van der Waals surface area contributed by atoms with E-state index >= 15 is 0 Å². The van der Waals surface area contributed by atoms with Crippen molar-refractivity contribution >= 4 is 5.97 Å². The van der Waals surface area contributed by atoms with Gasteiger partial charge in [-0.3, -0.25) is 4.79 Å². The predicted molar refractivity (Wildman–Crippen MR) is 80.2 cm³/mol. The molecule has 0 aliphatic heterocycles. The molecule has 124 valence electrons. The third-order valence-electron chi connectivity index (χ3n) is 3.12. The van der Waals surface area contributed by atoms with E-state index in [2.05, 4.69) is 5.32 Å². The van der Waals surface area contributed by atoms with Crippen LogP contribution in [0.15, 0.2) is 24.3 Å². The molecule has 22 heavy (non-hydrogen) atoms. The first kappa shape index (κ1) is 18.4. The van der Waals surface area contributed by atoms with E-state index in [1.165, 1.54) is 0 Å². The molecule has 1 aromatic carbocycles. The number of benzene rings is 1. The molecule has 1 unspecified atom stereocenters. The first-order chi connectivity index (χ1) is 10.4. The third-order valence-corrected chi connectivity index (χ3v) is 3.12. The number of hydrogen-bond acceptors (Lipinski definition) is 3. The topological polar surface area (TPSA) is 58.6 Å². The Morgan fingerprint density at radius 2 is 1.91 bits per heavy atom. The van der Waals surface area contributed by atoms with Crippen LogP contribution in [0.4, 0.5) is 8.78 Å². The second kappa shape index (κ2) is 9.35. The summed E-state index contributed by atoms with van der Waals surface area (Å²) in [6.07, 6.45) is -1.86. The smallest absolute Gasteiger partial charge is 0.307 e. The minimum atomic E-state index is -2.49. The Morgan fingerprint density at radius 3 is 2.41 bits per heavy atom. The van der Waals surface area contributed by atoms with E-state index in [4.69, 9.17) is 9.84 Å². The summed E-state index contributed by atoms with van der Waals surface area (Å²) in [6.45, 7) is 4.30. The zero-order valence-electron chi connectivity index (χ0n) is 12.9. The zero-order valence-corrected chi connectivity index (χ0v) is 12.9. The molecule has 0 spiro atoms. The van der Waals surface area contributed by atoms with Crippen molar-refractivity contribution in [3.63, 3.8) is 0 Å². The van der Waals surface area contributed by atoms with Crippen molar-refractivity contribution in [2.24, 2.45) is 11.8 Å². The molecule has 4 nitrogen and oxygen atoms in total. The normalized spacial score (nSPS) is 12.6. The van der Waals surface area contributed by atoms with E-state index in [0.29, 0.717) is 31.2 Å². The molecular weight excluding hydrogens is 292 g/mol. The van der Waals surface area contributed by atoms with E-state index in [1.54, 1.807) is 24.3 Å². The van der Waals surface area contributed by atoms with Crippen LogP contribution in [-0.2, 0) is 11.3 Å². The molecule has 0 aliphatic carbocycles. The molecule has 0 radical (unpaired) electrons. The number of rotatable bonds is 10. The Kier molecular flexibility index (Phi) is 7.80. The largest absolute Gasteiger partial charge is 0.488 e. The number of carboxylic acid groups (broad SMARTS) is 1. The lowest BCUT2D eigenvalue weighted by molar-refractivity contribution is -0.142. The standard InChI is InChI=1S/C16H23F2NO3/c1-11(2)7-13(16(20)21)9-19-8-12-3-5-14(6-4-12)22-10-15(17)18/h3-6,11,13,15,19H,7-10H2,1-2H3,(H,20,21). The highest BCUT2D eigenvalue weighted by atomic mass is 19.3. The van der Waals surface area contributed by atoms with Gasteiger partial charge in [0.05, 0.1) is 5.92 Å². The van der Waals surface area contributed by atoms with Crippen molar-refractivity contribution in [3.05, 3.63) is 29.8 Å². The Morgan fingerprint density at radius 1 is 1.27 bits per heavy atom. The van der Waals surface area contributed by atoms with Crippen molar-refractivity contribution in [1.82, 2.24) is 5.32 Å². The van der Waals surface area contributed by atoms with Gasteiger partial charge in [0.2, 0.25) is 0 Å². The molecule has 0 saturated carbocycles. The van der Waals surface area contributed by atoms with Crippen molar-refractivity contribution in [2.45, 2.75) is 33.2 Å². The SMILES string of the molecule is CC(C)CC(CNCc1ccc(OCC(F)F)cc1)C(=O)O. The molecule has 1 rings (SSSR count). The number of halogens is 2. The number of alkyl halides is 2. The van der Waals surface area contributed by atoms with E-state index in [1.807, 2.05) is 13.8 Å². The van der Waals surface area contributed by atoms with Crippen LogP contribution in [0.2, 0.25) is 0 Å². The lowest BCUT2D eigenvalue weighted by atomic mass is 9.97. The fourth-order valence-corrected chi connectivity index (χ4v) is 2.09. The molecule has 0 bridgehead atoms. The second-order valence-electron chi connectivity index (χ2n) is 5.64. The predicted octanol–water partition coefficient (Wildman–Crippen LogP) is 3.17. The van der Waals surface area contributed by atoms with Crippen LogP contribution in [0.25, 0.3) is 0 Å². The van der Waals surface area contributed by atoms with Crippen molar-refractivity contribution in [2.75, 3.05) is 13.2 Å². The van der Waals surface area contributed by atoms with Gasteiger partial charge in [-0.2, -0.15) is 0 Å². The maximum absolute atomic E-state index is 12.0. The Labute approximate surface area is 129 Å². The fraction of sp³-hybridized carbons (Fsp3) is 0.562. The molecule has 0 amide bonds. The first-order valence-electron chi connectivity index (χ1n) is 7.32. The maximum atomic E-state index is 12.0. The summed E-state index contributed by atoms with van der Waals surface area (Å²) in [5.41, 5.74) is 0.943. The van der Waals surface area contributed by atoms with Gasteiger partial charge in [0, 0.05) is 13.1 Å². The highest BCUT2D eigenvalue weighted by Crippen LogP contribution is 2.14. The van der Waals surface area contributed by atoms with Gasteiger partial charge in [0.25, 0.3) is 6.43 Å². The van der Waals surface area contributed by atoms with Gasteiger partial charge in [-0.05, 0) is 30.0 Å². The average molecular weight is 315 g/mol. The number of hydrogen-bond donors (Lipinski definition) is 2. The molecule has 0 heterocycles. The molecule has 6 heteroatoms. The van der Waals surface area contributed by atoms with Crippen LogP contribution in [0, 0.1) is 11.8 Å². The highest BCUT2D eigenvalue weighted by Gasteiger charge is 2.18. The van der Waals surface area contributed by atoms with Crippen LogP contribution < -0.4 is 10.1 Å². The summed E-state index contributed by atoms with van der Waals surface area (Å²) >= 11 is 0. The minimum Gasteiger partial charge on any atom is -0.488 e. The zero-order chi connectivity index (χ0) is 16.5. The molecule has 1 atom stereocenters. The number of carbonyl (C=O) groups is 1. The molecule has 0 fully saturated rings. The summed E-state index contributed by atoms with van der Waals surface area (Å²) < 4.78 is 28.9. The molecule has 0 aromatic heterocycles.